The topological polar surface area (TPSA) is 36.9 Å². The number of hydrogen-bond donors (Lipinski definition) is 0. The van der Waals surface area contributed by atoms with E-state index in [1.807, 2.05) is 0 Å². The monoisotopic (exact) mass is 382 g/mol. The van der Waals surface area contributed by atoms with Gasteiger partial charge in [0.1, 0.15) is 6.79 Å². The minimum Gasteiger partial charge on any atom is -0.547 e. The van der Waals surface area contributed by atoms with E-state index in [-0.39, 0.29) is 11.0 Å². The Kier molecular flexibility index (Phi) is 5.66. The summed E-state index contributed by atoms with van der Waals surface area (Å²) >= 11 is 0. The van der Waals surface area contributed by atoms with Gasteiger partial charge in [-0.15, -0.1) is 0 Å². The minimum absolute atomic E-state index is 0.0286. The fraction of sp³-hybridized carbons (Fsp3) is 0.905. The highest BCUT2D eigenvalue weighted by atomic mass is 28.4. The molecule has 1 heterocycles. The SMILES string of the molecule is COCOC[C@H]1C=C(O[Si](C)(C)C)[C@@H]2COC(C)(C)C3CC[C@@]1(C)CC32. The van der Waals surface area contributed by atoms with E-state index in [9.17, 15) is 0 Å². The highest BCUT2D eigenvalue weighted by Gasteiger charge is 2.55. The van der Waals surface area contributed by atoms with Gasteiger partial charge in [-0.1, -0.05) is 6.92 Å². The van der Waals surface area contributed by atoms with E-state index in [0.29, 0.717) is 37.1 Å². The molecule has 26 heavy (non-hydrogen) atoms. The Labute approximate surface area is 160 Å². The van der Waals surface area contributed by atoms with Crippen LogP contribution in [0.3, 0.4) is 0 Å². The van der Waals surface area contributed by atoms with Crippen LogP contribution in [0.15, 0.2) is 11.8 Å². The first kappa shape index (κ1) is 20.4. The van der Waals surface area contributed by atoms with Gasteiger partial charge in [-0.3, -0.25) is 0 Å². The molecule has 0 aromatic heterocycles. The zero-order valence-electron chi connectivity index (χ0n) is 17.8. The molecule has 0 N–H and O–H groups in total. The van der Waals surface area contributed by atoms with Crippen LogP contribution in [0.25, 0.3) is 0 Å². The summed E-state index contributed by atoms with van der Waals surface area (Å²) in [6, 6.07) is 0. The maximum atomic E-state index is 6.64. The fourth-order valence-electron chi connectivity index (χ4n) is 5.43. The average Bonchev–Trinajstić information content (AvgIpc) is 2.59. The van der Waals surface area contributed by atoms with Gasteiger partial charge in [-0.25, -0.2) is 0 Å². The summed E-state index contributed by atoms with van der Waals surface area (Å²) in [4.78, 5) is 0. The van der Waals surface area contributed by atoms with Crippen LogP contribution in [0.2, 0.25) is 19.6 Å². The Hall–Kier alpha value is -0.363. The van der Waals surface area contributed by atoms with Crippen molar-refractivity contribution in [2.75, 3.05) is 27.1 Å². The number of rotatable bonds is 6. The van der Waals surface area contributed by atoms with Crippen molar-refractivity contribution < 1.29 is 18.6 Å². The molecule has 5 heteroatoms. The Morgan fingerprint density at radius 2 is 1.96 bits per heavy atom. The molecule has 2 fully saturated rings. The molecule has 1 saturated heterocycles. The summed E-state index contributed by atoms with van der Waals surface area (Å²) in [5.41, 5.74) is 0.240. The van der Waals surface area contributed by atoms with Crippen LogP contribution < -0.4 is 0 Å². The summed E-state index contributed by atoms with van der Waals surface area (Å²) in [7, 11) is 0.0000461. The van der Waals surface area contributed by atoms with Gasteiger partial charge in [0.25, 0.3) is 0 Å². The van der Waals surface area contributed by atoms with Crippen molar-refractivity contribution in [2.45, 2.75) is 65.3 Å². The molecule has 5 atom stereocenters. The van der Waals surface area contributed by atoms with E-state index in [1.165, 1.54) is 25.0 Å². The van der Waals surface area contributed by atoms with Crippen LogP contribution in [0.4, 0.5) is 0 Å². The lowest BCUT2D eigenvalue weighted by Crippen LogP contribution is -2.53. The number of ether oxygens (including phenoxy) is 3. The molecule has 2 unspecified atom stereocenters. The second-order valence-corrected chi connectivity index (χ2v) is 14.8. The van der Waals surface area contributed by atoms with Crippen LogP contribution >= 0.6 is 0 Å². The van der Waals surface area contributed by atoms with Gasteiger partial charge in [-0.05, 0) is 76.1 Å². The second-order valence-electron chi connectivity index (χ2n) is 10.4. The molecule has 4 nitrogen and oxygen atoms in total. The second kappa shape index (κ2) is 7.23. The predicted octanol–water partition coefficient (Wildman–Crippen LogP) is 4.82. The van der Waals surface area contributed by atoms with Gasteiger partial charge in [0.05, 0.1) is 24.6 Å². The molecular weight excluding hydrogens is 344 g/mol. The maximum Gasteiger partial charge on any atom is 0.241 e. The van der Waals surface area contributed by atoms with Crippen LogP contribution in [-0.2, 0) is 18.6 Å². The lowest BCUT2D eigenvalue weighted by atomic mass is 9.56. The largest absolute Gasteiger partial charge is 0.547 e. The number of fused-ring (bicyclic) bond motifs is 1. The summed E-state index contributed by atoms with van der Waals surface area (Å²) in [6.45, 7) is 15.7. The van der Waals surface area contributed by atoms with Crippen molar-refractivity contribution in [2.24, 2.45) is 29.1 Å². The first-order valence-corrected chi connectivity index (χ1v) is 13.6. The highest BCUT2D eigenvalue weighted by molar-refractivity contribution is 6.70. The van der Waals surface area contributed by atoms with E-state index in [1.54, 1.807) is 7.11 Å². The zero-order chi connectivity index (χ0) is 19.2. The maximum absolute atomic E-state index is 6.64. The van der Waals surface area contributed by atoms with E-state index in [0.717, 1.165) is 6.61 Å². The molecule has 150 valence electrons. The molecule has 3 aliphatic rings. The molecule has 0 spiro atoms. The van der Waals surface area contributed by atoms with Crippen molar-refractivity contribution in [1.82, 2.24) is 0 Å². The Morgan fingerprint density at radius 1 is 1.23 bits per heavy atom. The first-order valence-electron chi connectivity index (χ1n) is 10.2. The van der Waals surface area contributed by atoms with Crippen LogP contribution in [0.1, 0.15) is 40.0 Å². The Balaban J connectivity index is 1.95. The molecule has 0 aromatic carbocycles. The smallest absolute Gasteiger partial charge is 0.241 e. The van der Waals surface area contributed by atoms with E-state index in [2.05, 4.69) is 46.5 Å². The van der Waals surface area contributed by atoms with Crippen molar-refractivity contribution >= 4 is 8.32 Å². The molecule has 2 bridgehead atoms. The van der Waals surface area contributed by atoms with Crippen molar-refractivity contribution in [1.29, 1.82) is 0 Å². The van der Waals surface area contributed by atoms with Crippen molar-refractivity contribution in [3.8, 4) is 0 Å². The van der Waals surface area contributed by atoms with Gasteiger partial charge in [0, 0.05) is 18.9 Å². The standard InChI is InChI=1S/C21H38O4Si/c1-20(2)18-8-9-21(3)11-16(18)17(13-24-20)19(25-26(5,6)7)10-15(21)12-23-14-22-4/h10,15-18H,8-9,11-14H2,1-7H3/t15-,16?,17-,18?,21+/m1/s1. The van der Waals surface area contributed by atoms with Gasteiger partial charge in [-0.2, -0.15) is 0 Å². The quantitative estimate of drug-likeness (QED) is 0.375. The summed E-state index contributed by atoms with van der Waals surface area (Å²) in [5, 5.41) is 0. The molecule has 0 aromatic rings. The lowest BCUT2D eigenvalue weighted by molar-refractivity contribution is -0.170. The minimum atomic E-state index is -1.68. The Bertz CT molecular complexity index is 539. The van der Waals surface area contributed by atoms with E-state index >= 15 is 0 Å². The lowest BCUT2D eigenvalue weighted by Gasteiger charge is -2.54. The van der Waals surface area contributed by atoms with E-state index < -0.39 is 8.32 Å². The van der Waals surface area contributed by atoms with Gasteiger partial charge in [0.2, 0.25) is 8.32 Å². The summed E-state index contributed by atoms with van der Waals surface area (Å²) in [6.07, 6.45) is 6.11. The molecule has 1 aliphatic heterocycles. The number of hydrogen-bond acceptors (Lipinski definition) is 4. The van der Waals surface area contributed by atoms with Gasteiger partial charge in [0.15, 0.2) is 0 Å². The Morgan fingerprint density at radius 3 is 2.62 bits per heavy atom. The summed E-state index contributed by atoms with van der Waals surface area (Å²) in [5.74, 6) is 3.21. The van der Waals surface area contributed by atoms with Crippen LogP contribution in [-0.4, -0.2) is 41.0 Å². The number of methoxy groups -OCH3 is 1. The molecule has 3 rings (SSSR count). The molecule has 0 amide bonds. The molecular formula is C21H38O4Si. The molecule has 2 aliphatic carbocycles. The third-order valence-electron chi connectivity index (χ3n) is 6.84. The predicted molar refractivity (Wildman–Crippen MR) is 106 cm³/mol. The van der Waals surface area contributed by atoms with Crippen LogP contribution in [0.5, 0.6) is 0 Å². The zero-order valence-corrected chi connectivity index (χ0v) is 18.8. The van der Waals surface area contributed by atoms with Gasteiger partial charge >= 0.3 is 0 Å². The highest BCUT2D eigenvalue weighted by Crippen LogP contribution is 2.58. The van der Waals surface area contributed by atoms with Crippen LogP contribution in [0, 0.1) is 29.1 Å². The van der Waals surface area contributed by atoms with Gasteiger partial charge < -0.3 is 18.6 Å². The first-order chi connectivity index (χ1) is 12.1. The van der Waals surface area contributed by atoms with Crippen molar-refractivity contribution in [3.05, 3.63) is 11.8 Å². The van der Waals surface area contributed by atoms with E-state index in [4.69, 9.17) is 18.6 Å². The fourth-order valence-corrected chi connectivity index (χ4v) is 6.35. The average molecular weight is 383 g/mol. The van der Waals surface area contributed by atoms with Crippen molar-refractivity contribution in [3.63, 3.8) is 0 Å². The summed E-state index contributed by atoms with van der Waals surface area (Å²) < 4.78 is 23.9. The molecule has 1 saturated carbocycles. The molecule has 0 radical (unpaired) electrons. The normalized spacial score (nSPS) is 39.1. The third-order valence-corrected chi connectivity index (χ3v) is 7.69. The third kappa shape index (κ3) is 4.06.